The number of ketones is 1. The van der Waals surface area contributed by atoms with E-state index in [0.717, 1.165) is 5.70 Å². The van der Waals surface area contributed by atoms with Gasteiger partial charge in [0.05, 0.1) is 0 Å². The van der Waals surface area contributed by atoms with Crippen molar-refractivity contribution in [3.8, 4) is 0 Å². The van der Waals surface area contributed by atoms with Crippen LogP contribution < -0.4 is 5.32 Å². The Morgan fingerprint density at radius 2 is 1.95 bits per heavy atom. The van der Waals surface area contributed by atoms with E-state index in [2.05, 4.69) is 5.32 Å². The number of carbonyl (C=O) groups excluding carboxylic acids is 1. The minimum Gasteiger partial charge on any atom is -0.386 e. The molecule has 0 saturated heterocycles. The Morgan fingerprint density at radius 3 is 2.45 bits per heavy atom. The molecular weight excluding hydrogens is 280 g/mol. The molecule has 0 amide bonds. The van der Waals surface area contributed by atoms with Crippen LogP contribution in [-0.2, 0) is 0 Å². The van der Waals surface area contributed by atoms with Gasteiger partial charge in [-0.25, -0.2) is 0 Å². The smallest absolute Gasteiger partial charge is 0.207 e. The van der Waals surface area contributed by atoms with Crippen LogP contribution in [0, 0.1) is 16.0 Å². The molecule has 0 aromatic heterocycles. The number of benzene rings is 1. The number of carbonyl (C=O) groups is 1. The lowest BCUT2D eigenvalue weighted by Gasteiger charge is -2.18. The van der Waals surface area contributed by atoms with Gasteiger partial charge in [0.2, 0.25) is 6.54 Å². The van der Waals surface area contributed by atoms with E-state index in [1.165, 1.54) is 0 Å². The summed E-state index contributed by atoms with van der Waals surface area (Å²) in [5, 5.41) is 14.0. The summed E-state index contributed by atoms with van der Waals surface area (Å²) >= 11 is 0. The SMILES string of the molecule is CCC(C/C(=C/C(=O)c1ccccc1)NC(C)C)C[N+](=O)[O-]. The van der Waals surface area contributed by atoms with Crippen molar-refractivity contribution in [2.45, 2.75) is 39.7 Å². The Balaban J connectivity index is 2.89. The monoisotopic (exact) mass is 304 g/mol. The maximum absolute atomic E-state index is 12.3. The molecule has 0 spiro atoms. The van der Waals surface area contributed by atoms with E-state index in [-0.39, 0.29) is 29.2 Å². The van der Waals surface area contributed by atoms with Crippen molar-refractivity contribution in [3.63, 3.8) is 0 Å². The van der Waals surface area contributed by atoms with Crippen molar-refractivity contribution < 1.29 is 9.72 Å². The van der Waals surface area contributed by atoms with Crippen molar-refractivity contribution in [2.75, 3.05) is 6.54 Å². The first-order valence-corrected chi connectivity index (χ1v) is 7.60. The lowest BCUT2D eigenvalue weighted by atomic mass is 9.98. The van der Waals surface area contributed by atoms with E-state index in [1.54, 1.807) is 18.2 Å². The highest BCUT2D eigenvalue weighted by atomic mass is 16.6. The van der Waals surface area contributed by atoms with Crippen molar-refractivity contribution in [3.05, 3.63) is 57.8 Å². The summed E-state index contributed by atoms with van der Waals surface area (Å²) in [5.41, 5.74) is 1.38. The maximum Gasteiger partial charge on any atom is 0.207 e. The summed E-state index contributed by atoms with van der Waals surface area (Å²) in [7, 11) is 0. The molecule has 0 saturated carbocycles. The fourth-order valence-electron chi connectivity index (χ4n) is 2.23. The number of nitrogens with one attached hydrogen (secondary N) is 1. The average Bonchev–Trinajstić information content (AvgIpc) is 2.46. The largest absolute Gasteiger partial charge is 0.386 e. The molecule has 22 heavy (non-hydrogen) atoms. The van der Waals surface area contributed by atoms with Crippen molar-refractivity contribution in [1.82, 2.24) is 5.32 Å². The number of hydrogen-bond acceptors (Lipinski definition) is 4. The van der Waals surface area contributed by atoms with Crippen molar-refractivity contribution in [1.29, 1.82) is 0 Å². The van der Waals surface area contributed by atoms with Gasteiger partial charge in [0.1, 0.15) is 0 Å². The number of rotatable bonds is 9. The zero-order chi connectivity index (χ0) is 16.5. The summed E-state index contributed by atoms with van der Waals surface area (Å²) in [6.45, 7) is 5.82. The molecule has 0 aliphatic rings. The minimum atomic E-state index is -0.291. The summed E-state index contributed by atoms with van der Waals surface area (Å²) in [4.78, 5) is 22.7. The summed E-state index contributed by atoms with van der Waals surface area (Å²) in [6, 6.07) is 9.19. The Hall–Kier alpha value is -2.17. The first-order valence-electron chi connectivity index (χ1n) is 7.60. The molecule has 0 fully saturated rings. The van der Waals surface area contributed by atoms with Gasteiger partial charge < -0.3 is 5.32 Å². The van der Waals surface area contributed by atoms with E-state index in [4.69, 9.17) is 0 Å². The second-order valence-corrected chi connectivity index (χ2v) is 5.69. The van der Waals surface area contributed by atoms with Crippen molar-refractivity contribution in [2.24, 2.45) is 5.92 Å². The number of allylic oxidation sites excluding steroid dienone is 2. The number of hydrogen-bond donors (Lipinski definition) is 1. The molecule has 1 aromatic rings. The molecule has 5 heteroatoms. The van der Waals surface area contributed by atoms with E-state index < -0.39 is 0 Å². The maximum atomic E-state index is 12.3. The number of nitrogens with zero attached hydrogens (tertiary/aromatic N) is 1. The highest BCUT2D eigenvalue weighted by molar-refractivity contribution is 6.04. The van der Waals surface area contributed by atoms with E-state index >= 15 is 0 Å². The van der Waals surface area contributed by atoms with Crippen LogP contribution in [0.3, 0.4) is 0 Å². The third-order valence-electron chi connectivity index (χ3n) is 3.33. The number of nitro groups is 1. The molecule has 5 nitrogen and oxygen atoms in total. The fraction of sp³-hybridized carbons (Fsp3) is 0.471. The third-order valence-corrected chi connectivity index (χ3v) is 3.33. The van der Waals surface area contributed by atoms with Crippen LogP contribution in [-0.4, -0.2) is 23.3 Å². The summed E-state index contributed by atoms with van der Waals surface area (Å²) < 4.78 is 0. The molecule has 1 N–H and O–H groups in total. The Kier molecular flexibility index (Phi) is 7.29. The fourth-order valence-corrected chi connectivity index (χ4v) is 2.23. The molecule has 120 valence electrons. The Labute approximate surface area is 131 Å². The molecule has 1 unspecified atom stereocenters. The van der Waals surface area contributed by atoms with E-state index in [0.29, 0.717) is 18.4 Å². The van der Waals surface area contributed by atoms with Crippen LogP contribution in [0.2, 0.25) is 0 Å². The summed E-state index contributed by atoms with van der Waals surface area (Å²) in [5.74, 6) is -0.157. The molecule has 0 heterocycles. The Morgan fingerprint density at radius 1 is 1.32 bits per heavy atom. The molecular formula is C17H24N2O3. The van der Waals surface area contributed by atoms with Gasteiger partial charge in [-0.2, -0.15) is 0 Å². The first kappa shape index (κ1) is 17.9. The van der Waals surface area contributed by atoms with Gasteiger partial charge in [-0.15, -0.1) is 0 Å². The molecule has 0 aliphatic heterocycles. The van der Waals surface area contributed by atoms with Gasteiger partial charge >= 0.3 is 0 Å². The Bertz CT molecular complexity index is 524. The second kappa shape index (κ2) is 8.97. The zero-order valence-electron chi connectivity index (χ0n) is 13.4. The topological polar surface area (TPSA) is 72.2 Å². The van der Waals surface area contributed by atoms with Gasteiger partial charge in [0.15, 0.2) is 5.78 Å². The van der Waals surface area contributed by atoms with Crippen LogP contribution in [0.4, 0.5) is 0 Å². The molecule has 1 rings (SSSR count). The van der Waals surface area contributed by atoms with Crippen LogP contribution in [0.15, 0.2) is 42.1 Å². The van der Waals surface area contributed by atoms with Crippen LogP contribution in [0.5, 0.6) is 0 Å². The van der Waals surface area contributed by atoms with Gasteiger partial charge in [0, 0.05) is 34.2 Å². The lowest BCUT2D eigenvalue weighted by Crippen LogP contribution is -2.26. The van der Waals surface area contributed by atoms with Crippen LogP contribution in [0.25, 0.3) is 0 Å². The van der Waals surface area contributed by atoms with Crippen LogP contribution in [0.1, 0.15) is 44.0 Å². The van der Waals surface area contributed by atoms with Gasteiger partial charge in [-0.05, 0) is 26.7 Å². The first-order chi connectivity index (χ1) is 10.4. The zero-order valence-corrected chi connectivity index (χ0v) is 13.4. The van der Waals surface area contributed by atoms with E-state index in [1.807, 2.05) is 39.0 Å². The van der Waals surface area contributed by atoms with Crippen molar-refractivity contribution >= 4 is 5.78 Å². The van der Waals surface area contributed by atoms with Gasteiger partial charge in [-0.1, -0.05) is 37.3 Å². The molecule has 0 bridgehead atoms. The molecule has 0 radical (unpaired) electrons. The highest BCUT2D eigenvalue weighted by Crippen LogP contribution is 2.16. The third kappa shape index (κ3) is 6.52. The average molecular weight is 304 g/mol. The highest BCUT2D eigenvalue weighted by Gasteiger charge is 2.17. The normalized spacial score (nSPS) is 13.0. The van der Waals surface area contributed by atoms with Crippen LogP contribution >= 0.6 is 0 Å². The summed E-state index contributed by atoms with van der Waals surface area (Å²) in [6.07, 6.45) is 2.78. The molecule has 1 atom stereocenters. The lowest BCUT2D eigenvalue weighted by molar-refractivity contribution is -0.488. The van der Waals surface area contributed by atoms with Gasteiger partial charge in [-0.3, -0.25) is 14.9 Å². The second-order valence-electron chi connectivity index (χ2n) is 5.69. The molecule has 0 aliphatic carbocycles. The standard InChI is InChI=1S/C17H24N2O3/c1-4-14(12-19(21)22)10-16(18-13(2)3)11-17(20)15-8-6-5-7-9-15/h5-9,11,13-14,18H,4,10,12H2,1-3H3/b16-11-. The quantitative estimate of drug-likeness (QED) is 0.328. The van der Waals surface area contributed by atoms with Gasteiger partial charge in [0.25, 0.3) is 0 Å². The molecule has 1 aromatic carbocycles. The predicted octanol–water partition coefficient (Wildman–Crippen LogP) is 3.44. The minimum absolute atomic E-state index is 0.0731. The predicted molar refractivity (Wildman–Crippen MR) is 87.4 cm³/mol. The van der Waals surface area contributed by atoms with E-state index in [9.17, 15) is 14.9 Å².